The lowest BCUT2D eigenvalue weighted by atomic mass is 10.2. The second-order valence-corrected chi connectivity index (χ2v) is 9.91. The molecule has 1 aliphatic heterocycles. The van der Waals surface area contributed by atoms with Gasteiger partial charge in [0.2, 0.25) is 0 Å². The Balaban J connectivity index is 1.69. The van der Waals surface area contributed by atoms with Crippen molar-refractivity contribution in [2.24, 2.45) is 0 Å². The van der Waals surface area contributed by atoms with Crippen molar-refractivity contribution < 1.29 is 45.7 Å². The first-order valence-electron chi connectivity index (χ1n) is 10.1. The zero-order chi connectivity index (χ0) is 25.1. The number of hydroxylamine groups is 2. The Bertz CT molecular complexity index is 1090. The Hall–Kier alpha value is -2.80. The molecule has 2 aromatic rings. The summed E-state index contributed by atoms with van der Waals surface area (Å²) in [5, 5.41) is 10.9. The maximum absolute atomic E-state index is 13.0. The van der Waals surface area contributed by atoms with E-state index in [1.165, 1.54) is 36.4 Å². The maximum Gasteiger partial charge on any atom is 0.573 e. The van der Waals surface area contributed by atoms with Gasteiger partial charge in [-0.25, -0.2) is 8.42 Å². The van der Waals surface area contributed by atoms with Crippen LogP contribution in [0.15, 0.2) is 66.2 Å². The predicted molar refractivity (Wildman–Crippen MR) is 114 cm³/mol. The third kappa shape index (κ3) is 6.86. The van der Waals surface area contributed by atoms with Gasteiger partial charge in [0, 0.05) is 6.20 Å². The first-order valence-corrected chi connectivity index (χ1v) is 11.7. The van der Waals surface area contributed by atoms with E-state index in [4.69, 9.17) is 14.2 Å². The summed E-state index contributed by atoms with van der Waals surface area (Å²) in [4.78, 5) is -0.0191. The summed E-state index contributed by atoms with van der Waals surface area (Å²) < 4.78 is 83.3. The third-order valence-electron chi connectivity index (χ3n) is 4.85. The molecule has 3 rings (SSSR count). The molecule has 1 fully saturated rings. The van der Waals surface area contributed by atoms with Crippen molar-refractivity contribution >= 4 is 9.84 Å². The topological polar surface area (TPSA) is 94.5 Å². The largest absolute Gasteiger partial charge is 0.573 e. The Morgan fingerprint density at radius 2 is 1.68 bits per heavy atom. The van der Waals surface area contributed by atoms with Crippen LogP contribution in [0.3, 0.4) is 0 Å². The number of benzene rings is 2. The van der Waals surface area contributed by atoms with Crippen LogP contribution in [-0.4, -0.2) is 55.3 Å². The molecule has 0 unspecified atom stereocenters. The molecule has 1 N–H and O–H groups in total. The van der Waals surface area contributed by atoms with Crippen LogP contribution in [0.5, 0.6) is 17.2 Å². The molecule has 12 heteroatoms. The molecule has 186 valence electrons. The van der Waals surface area contributed by atoms with E-state index >= 15 is 0 Å². The van der Waals surface area contributed by atoms with E-state index < -0.39 is 45.6 Å². The monoisotopic (exact) mass is 503 g/mol. The Labute approximate surface area is 195 Å². The van der Waals surface area contributed by atoms with Crippen LogP contribution in [0, 0.1) is 0 Å². The van der Waals surface area contributed by atoms with E-state index in [0.717, 1.165) is 18.3 Å². The quantitative estimate of drug-likeness (QED) is 0.500. The summed E-state index contributed by atoms with van der Waals surface area (Å²) in [6.07, 6.45) is -4.41. The highest BCUT2D eigenvalue weighted by atomic mass is 32.2. The van der Waals surface area contributed by atoms with E-state index in [2.05, 4.69) is 11.3 Å². The van der Waals surface area contributed by atoms with E-state index in [1.54, 1.807) is 13.8 Å². The zero-order valence-electron chi connectivity index (χ0n) is 18.4. The molecule has 1 aliphatic rings. The van der Waals surface area contributed by atoms with Crippen molar-refractivity contribution in [3.63, 3.8) is 0 Å². The molecule has 0 amide bonds. The minimum Gasteiger partial charge on any atom is -0.457 e. The highest BCUT2D eigenvalue weighted by Crippen LogP contribution is 2.30. The van der Waals surface area contributed by atoms with Gasteiger partial charge in [-0.2, -0.15) is 0 Å². The van der Waals surface area contributed by atoms with E-state index in [1.807, 2.05) is 0 Å². The maximum atomic E-state index is 13.0. The molecule has 2 aromatic carbocycles. The normalized spacial score (nSPS) is 18.8. The number of hydrogen-bond donors (Lipinski definition) is 1. The summed E-state index contributed by atoms with van der Waals surface area (Å²) in [6, 6.07) is 9.27. The standard InChI is InChI=1S/C22H24F3NO7S/c1-4-26(27)19(20-13-30-21(2,3)33-20)14-34(28,29)18-11-9-16(10-12-18)31-15-5-7-17(8-6-15)32-22(23,24)25/h4-12,19-20,27H,1,13-14H2,2-3H3/t19-,20-/m1/s1. The van der Waals surface area contributed by atoms with Gasteiger partial charge in [0.25, 0.3) is 0 Å². The summed E-state index contributed by atoms with van der Waals surface area (Å²) >= 11 is 0. The van der Waals surface area contributed by atoms with Gasteiger partial charge in [-0.05, 0) is 62.4 Å². The van der Waals surface area contributed by atoms with Crippen molar-refractivity contribution in [2.75, 3.05) is 12.4 Å². The molecule has 0 saturated carbocycles. The molecule has 34 heavy (non-hydrogen) atoms. The number of alkyl halides is 3. The fourth-order valence-electron chi connectivity index (χ4n) is 3.28. The molecule has 0 aliphatic carbocycles. The molecule has 0 spiro atoms. The molecule has 0 aromatic heterocycles. The molecule has 2 atom stereocenters. The van der Waals surface area contributed by atoms with Crippen LogP contribution in [0.2, 0.25) is 0 Å². The van der Waals surface area contributed by atoms with Gasteiger partial charge in [0.1, 0.15) is 23.4 Å². The lowest BCUT2D eigenvalue weighted by Crippen LogP contribution is -2.45. The molecular weight excluding hydrogens is 479 g/mol. The van der Waals surface area contributed by atoms with Gasteiger partial charge in [-0.1, -0.05) is 6.58 Å². The number of sulfone groups is 1. The van der Waals surface area contributed by atoms with Gasteiger partial charge in [-0.15, -0.1) is 13.2 Å². The summed E-state index contributed by atoms with van der Waals surface area (Å²) in [5.41, 5.74) is 0. The second-order valence-electron chi connectivity index (χ2n) is 7.87. The van der Waals surface area contributed by atoms with Crippen molar-refractivity contribution in [3.05, 3.63) is 61.3 Å². The van der Waals surface area contributed by atoms with Crippen LogP contribution < -0.4 is 9.47 Å². The molecule has 1 saturated heterocycles. The van der Waals surface area contributed by atoms with Crippen LogP contribution in [0.1, 0.15) is 13.8 Å². The van der Waals surface area contributed by atoms with Crippen molar-refractivity contribution in [3.8, 4) is 17.2 Å². The van der Waals surface area contributed by atoms with Crippen LogP contribution >= 0.6 is 0 Å². The van der Waals surface area contributed by atoms with Crippen molar-refractivity contribution in [1.29, 1.82) is 0 Å². The number of ether oxygens (including phenoxy) is 4. The average Bonchev–Trinajstić information content (AvgIpc) is 3.11. The summed E-state index contributed by atoms with van der Waals surface area (Å²) in [6.45, 7) is 6.93. The lowest BCUT2D eigenvalue weighted by Gasteiger charge is -2.29. The predicted octanol–water partition coefficient (Wildman–Crippen LogP) is 4.51. The highest BCUT2D eigenvalue weighted by molar-refractivity contribution is 7.91. The molecular formula is C22H24F3NO7S. The average molecular weight is 503 g/mol. The Kier molecular flexibility index (Phi) is 7.46. The van der Waals surface area contributed by atoms with E-state index in [-0.39, 0.29) is 23.0 Å². The SMILES string of the molecule is C=CN(O)[C@H](CS(=O)(=O)c1ccc(Oc2ccc(OC(F)(F)F)cc2)cc1)[C@H]1COC(C)(C)O1. The third-order valence-corrected chi connectivity index (χ3v) is 6.62. The van der Waals surface area contributed by atoms with Gasteiger partial charge < -0.3 is 18.9 Å². The van der Waals surface area contributed by atoms with Crippen LogP contribution in [-0.2, 0) is 19.3 Å². The van der Waals surface area contributed by atoms with E-state index in [0.29, 0.717) is 5.06 Å². The van der Waals surface area contributed by atoms with Gasteiger partial charge >= 0.3 is 6.36 Å². The smallest absolute Gasteiger partial charge is 0.457 e. The van der Waals surface area contributed by atoms with Gasteiger partial charge in [0.05, 0.1) is 23.3 Å². The molecule has 1 heterocycles. The first kappa shape index (κ1) is 25.8. The Morgan fingerprint density at radius 1 is 1.15 bits per heavy atom. The fraction of sp³-hybridized carbons (Fsp3) is 0.364. The lowest BCUT2D eigenvalue weighted by molar-refractivity contribution is -0.274. The van der Waals surface area contributed by atoms with Crippen LogP contribution in [0.25, 0.3) is 0 Å². The first-order chi connectivity index (χ1) is 15.8. The minimum atomic E-state index is -4.80. The van der Waals surface area contributed by atoms with Gasteiger partial charge in [-0.3, -0.25) is 10.3 Å². The van der Waals surface area contributed by atoms with Crippen LogP contribution in [0.4, 0.5) is 13.2 Å². The summed E-state index contributed by atoms with van der Waals surface area (Å²) in [7, 11) is -3.87. The Morgan fingerprint density at radius 3 is 2.15 bits per heavy atom. The highest BCUT2D eigenvalue weighted by Gasteiger charge is 2.41. The van der Waals surface area contributed by atoms with E-state index in [9.17, 15) is 26.8 Å². The number of nitrogens with zero attached hydrogens (tertiary/aromatic N) is 1. The molecule has 8 nitrogen and oxygen atoms in total. The number of rotatable bonds is 9. The van der Waals surface area contributed by atoms with Crippen molar-refractivity contribution in [1.82, 2.24) is 5.06 Å². The second kappa shape index (κ2) is 9.82. The molecule has 0 bridgehead atoms. The minimum absolute atomic E-state index is 0.0191. The molecule has 0 radical (unpaired) electrons. The number of halogens is 3. The zero-order valence-corrected chi connectivity index (χ0v) is 19.2. The van der Waals surface area contributed by atoms with Gasteiger partial charge in [0.15, 0.2) is 15.6 Å². The summed E-state index contributed by atoms with van der Waals surface area (Å²) in [5.74, 6) is -1.28. The van der Waals surface area contributed by atoms with Crippen molar-refractivity contribution in [2.45, 2.75) is 43.0 Å². The number of hydrogen-bond acceptors (Lipinski definition) is 8. The fourth-order valence-corrected chi connectivity index (χ4v) is 4.84.